The number of aryl methyl sites for hydroxylation is 1. The van der Waals surface area contributed by atoms with E-state index in [1.807, 2.05) is 19.1 Å². The lowest BCUT2D eigenvalue weighted by molar-refractivity contribution is 0.471. The van der Waals surface area contributed by atoms with Gasteiger partial charge in [0.1, 0.15) is 5.75 Å². The lowest BCUT2D eigenvalue weighted by Gasteiger charge is -2.00. The SMILES string of the molecule is Cc1cc([C@H]2CN2)ccc1O. The summed E-state index contributed by atoms with van der Waals surface area (Å²) in [6, 6.07) is 6.28. The first kappa shape index (κ1) is 6.68. The van der Waals surface area contributed by atoms with Crippen molar-refractivity contribution in [2.75, 3.05) is 6.54 Å². The maximum absolute atomic E-state index is 9.23. The Bertz CT molecular complexity index is 279. The van der Waals surface area contributed by atoms with Gasteiger partial charge in [0.05, 0.1) is 0 Å². The number of phenolic OH excluding ortho intramolecular Hbond substituents is 1. The molecular formula is C9H11NO. The molecule has 0 amide bonds. The average molecular weight is 149 g/mol. The van der Waals surface area contributed by atoms with Crippen LogP contribution in [0.15, 0.2) is 18.2 Å². The van der Waals surface area contributed by atoms with E-state index < -0.39 is 0 Å². The second kappa shape index (κ2) is 2.24. The first-order valence-corrected chi connectivity index (χ1v) is 3.80. The Morgan fingerprint density at radius 2 is 2.27 bits per heavy atom. The Kier molecular flexibility index (Phi) is 1.36. The van der Waals surface area contributed by atoms with Crippen molar-refractivity contribution >= 4 is 0 Å². The van der Waals surface area contributed by atoms with Crippen LogP contribution in [0.1, 0.15) is 17.2 Å². The average Bonchev–Trinajstić information content (AvgIpc) is 2.77. The highest BCUT2D eigenvalue weighted by Crippen LogP contribution is 2.25. The standard InChI is InChI=1S/C9H11NO/c1-6-4-7(8-5-10-8)2-3-9(6)11/h2-4,8,10-11H,5H2,1H3/t8-/m1/s1. The van der Waals surface area contributed by atoms with E-state index in [2.05, 4.69) is 5.32 Å². The van der Waals surface area contributed by atoms with Gasteiger partial charge in [-0.25, -0.2) is 0 Å². The van der Waals surface area contributed by atoms with Crippen molar-refractivity contribution in [2.24, 2.45) is 0 Å². The van der Waals surface area contributed by atoms with Crippen LogP contribution >= 0.6 is 0 Å². The molecule has 0 radical (unpaired) electrons. The maximum atomic E-state index is 9.23. The minimum atomic E-state index is 0.384. The third kappa shape index (κ3) is 1.21. The molecule has 1 fully saturated rings. The van der Waals surface area contributed by atoms with E-state index in [1.165, 1.54) is 5.56 Å². The molecule has 1 saturated heterocycles. The number of aromatic hydroxyl groups is 1. The molecule has 1 aliphatic heterocycles. The van der Waals surface area contributed by atoms with Gasteiger partial charge in [0.25, 0.3) is 0 Å². The lowest BCUT2D eigenvalue weighted by atomic mass is 10.1. The van der Waals surface area contributed by atoms with Crippen molar-refractivity contribution < 1.29 is 5.11 Å². The molecule has 2 N–H and O–H groups in total. The van der Waals surface area contributed by atoms with Crippen LogP contribution < -0.4 is 5.32 Å². The van der Waals surface area contributed by atoms with Crippen LogP contribution in [-0.2, 0) is 0 Å². The van der Waals surface area contributed by atoms with Crippen molar-refractivity contribution in [1.82, 2.24) is 5.32 Å². The maximum Gasteiger partial charge on any atom is 0.118 e. The van der Waals surface area contributed by atoms with Gasteiger partial charge in [0.15, 0.2) is 0 Å². The van der Waals surface area contributed by atoms with Crippen molar-refractivity contribution in [3.63, 3.8) is 0 Å². The van der Waals surface area contributed by atoms with Crippen LogP contribution in [0.5, 0.6) is 5.75 Å². The first-order chi connectivity index (χ1) is 5.27. The van der Waals surface area contributed by atoms with Crippen LogP contribution in [0.3, 0.4) is 0 Å². The zero-order valence-electron chi connectivity index (χ0n) is 6.46. The highest BCUT2D eigenvalue weighted by molar-refractivity contribution is 5.37. The molecule has 0 unspecified atom stereocenters. The second-order valence-electron chi connectivity index (χ2n) is 3.01. The Morgan fingerprint density at radius 3 is 2.82 bits per heavy atom. The molecule has 0 spiro atoms. The Balaban J connectivity index is 2.36. The van der Waals surface area contributed by atoms with Crippen LogP contribution in [0.25, 0.3) is 0 Å². The fourth-order valence-electron chi connectivity index (χ4n) is 1.19. The molecule has 2 rings (SSSR count). The Hall–Kier alpha value is -1.02. The zero-order chi connectivity index (χ0) is 7.84. The molecule has 0 saturated carbocycles. The fourth-order valence-corrected chi connectivity index (χ4v) is 1.19. The van der Waals surface area contributed by atoms with Gasteiger partial charge in [-0.15, -0.1) is 0 Å². The normalized spacial score (nSPS) is 21.7. The summed E-state index contributed by atoms with van der Waals surface area (Å²) in [4.78, 5) is 0. The van der Waals surface area contributed by atoms with E-state index in [1.54, 1.807) is 6.07 Å². The highest BCUT2D eigenvalue weighted by Gasteiger charge is 2.22. The van der Waals surface area contributed by atoms with Gasteiger partial charge < -0.3 is 10.4 Å². The predicted molar refractivity (Wildman–Crippen MR) is 43.6 cm³/mol. The molecule has 1 heterocycles. The van der Waals surface area contributed by atoms with Crippen molar-refractivity contribution in [1.29, 1.82) is 0 Å². The third-order valence-corrected chi connectivity index (χ3v) is 2.03. The van der Waals surface area contributed by atoms with Gasteiger partial charge in [-0.2, -0.15) is 0 Å². The molecular weight excluding hydrogens is 138 g/mol. The van der Waals surface area contributed by atoms with Crippen LogP contribution in [0.4, 0.5) is 0 Å². The molecule has 58 valence electrons. The van der Waals surface area contributed by atoms with E-state index in [-0.39, 0.29) is 0 Å². The van der Waals surface area contributed by atoms with Crippen molar-refractivity contribution in [2.45, 2.75) is 13.0 Å². The minimum absolute atomic E-state index is 0.384. The van der Waals surface area contributed by atoms with E-state index in [4.69, 9.17) is 0 Å². The summed E-state index contributed by atoms with van der Waals surface area (Å²) in [5, 5.41) is 12.4. The van der Waals surface area contributed by atoms with Crippen LogP contribution in [0.2, 0.25) is 0 Å². The van der Waals surface area contributed by atoms with Crippen molar-refractivity contribution in [3.05, 3.63) is 29.3 Å². The topological polar surface area (TPSA) is 42.2 Å². The highest BCUT2D eigenvalue weighted by atomic mass is 16.3. The fraction of sp³-hybridized carbons (Fsp3) is 0.333. The summed E-state index contributed by atoms with van der Waals surface area (Å²) in [6.07, 6.45) is 0. The molecule has 1 aromatic carbocycles. The van der Waals surface area contributed by atoms with Gasteiger partial charge in [-0.05, 0) is 24.1 Å². The van der Waals surface area contributed by atoms with E-state index in [0.29, 0.717) is 11.8 Å². The molecule has 1 atom stereocenters. The van der Waals surface area contributed by atoms with Gasteiger partial charge >= 0.3 is 0 Å². The molecule has 2 heteroatoms. The summed E-state index contributed by atoms with van der Waals surface area (Å²) in [7, 11) is 0. The van der Waals surface area contributed by atoms with Crippen LogP contribution in [-0.4, -0.2) is 11.7 Å². The number of phenols is 1. The number of hydrogen-bond donors (Lipinski definition) is 2. The summed E-state index contributed by atoms with van der Waals surface area (Å²) >= 11 is 0. The second-order valence-corrected chi connectivity index (χ2v) is 3.01. The smallest absolute Gasteiger partial charge is 0.118 e. The van der Waals surface area contributed by atoms with Gasteiger partial charge in [0.2, 0.25) is 0 Å². The summed E-state index contributed by atoms with van der Waals surface area (Å²) in [6.45, 7) is 2.99. The predicted octanol–water partition coefficient (Wildman–Crippen LogP) is 1.34. The van der Waals surface area contributed by atoms with Gasteiger partial charge in [-0.1, -0.05) is 12.1 Å². The number of hydrogen-bond acceptors (Lipinski definition) is 2. The molecule has 2 nitrogen and oxygen atoms in total. The van der Waals surface area contributed by atoms with Gasteiger partial charge in [0, 0.05) is 12.6 Å². The summed E-state index contributed by atoms with van der Waals surface area (Å²) in [5.74, 6) is 0.384. The van der Waals surface area contributed by atoms with Crippen molar-refractivity contribution in [3.8, 4) is 5.75 Å². The first-order valence-electron chi connectivity index (χ1n) is 3.80. The van der Waals surface area contributed by atoms with E-state index in [0.717, 1.165) is 12.1 Å². The number of rotatable bonds is 1. The van der Waals surface area contributed by atoms with E-state index >= 15 is 0 Å². The van der Waals surface area contributed by atoms with Crippen LogP contribution in [0, 0.1) is 6.92 Å². The summed E-state index contributed by atoms with van der Waals surface area (Å²) in [5.41, 5.74) is 2.23. The molecule has 1 aliphatic rings. The monoisotopic (exact) mass is 149 g/mol. The Labute approximate surface area is 65.9 Å². The summed E-state index contributed by atoms with van der Waals surface area (Å²) < 4.78 is 0. The minimum Gasteiger partial charge on any atom is -0.508 e. The molecule has 1 aromatic rings. The zero-order valence-corrected chi connectivity index (χ0v) is 6.46. The largest absolute Gasteiger partial charge is 0.508 e. The lowest BCUT2D eigenvalue weighted by Crippen LogP contribution is -1.84. The molecule has 0 aliphatic carbocycles. The quantitative estimate of drug-likeness (QED) is 0.592. The van der Waals surface area contributed by atoms with E-state index in [9.17, 15) is 5.11 Å². The van der Waals surface area contributed by atoms with Gasteiger partial charge in [-0.3, -0.25) is 0 Å². The molecule has 11 heavy (non-hydrogen) atoms. The number of nitrogens with one attached hydrogen (secondary N) is 1. The molecule has 0 bridgehead atoms. The molecule has 0 aromatic heterocycles. The third-order valence-electron chi connectivity index (χ3n) is 2.03. The number of benzene rings is 1. The Morgan fingerprint density at radius 1 is 1.55 bits per heavy atom.